The summed E-state index contributed by atoms with van der Waals surface area (Å²) in [7, 11) is 0. The molecule has 6 heteroatoms. The largest absolute Gasteiger partial charge is 0.350 e. The highest BCUT2D eigenvalue weighted by Gasteiger charge is 2.37. The van der Waals surface area contributed by atoms with E-state index < -0.39 is 0 Å². The lowest BCUT2D eigenvalue weighted by molar-refractivity contribution is -0.142. The highest BCUT2D eigenvalue weighted by molar-refractivity contribution is 5.89. The average molecular weight is 423 g/mol. The highest BCUT2D eigenvalue weighted by atomic mass is 16.2. The van der Waals surface area contributed by atoms with Gasteiger partial charge in [-0.3, -0.25) is 14.3 Å². The van der Waals surface area contributed by atoms with Crippen LogP contribution in [0.15, 0.2) is 30.3 Å². The normalized spacial score (nSPS) is 19.5. The van der Waals surface area contributed by atoms with Crippen LogP contribution in [0.25, 0.3) is 0 Å². The Morgan fingerprint density at radius 3 is 2.55 bits per heavy atom. The minimum Gasteiger partial charge on any atom is -0.350 e. The standard InChI is InChI=1S/C25H34N4O2/c1-18-14-19(2)29(27-18)17-21-9-6-8-20(15-21)16-26-24(30)23-12-7-13-28(23)25(31)22-10-4-3-5-11-22/h6,8-9,14-15,22-23H,3-5,7,10-13,16-17H2,1-2H3,(H,26,30). The van der Waals surface area contributed by atoms with E-state index >= 15 is 0 Å². The first-order valence-electron chi connectivity index (χ1n) is 11.7. The summed E-state index contributed by atoms with van der Waals surface area (Å²) >= 11 is 0. The van der Waals surface area contributed by atoms with E-state index in [9.17, 15) is 9.59 Å². The van der Waals surface area contributed by atoms with Crippen LogP contribution >= 0.6 is 0 Å². The van der Waals surface area contributed by atoms with Gasteiger partial charge in [-0.2, -0.15) is 5.10 Å². The van der Waals surface area contributed by atoms with Crippen LogP contribution in [0.1, 0.15) is 67.5 Å². The number of nitrogens with one attached hydrogen (secondary N) is 1. The van der Waals surface area contributed by atoms with Gasteiger partial charge in [0.1, 0.15) is 6.04 Å². The van der Waals surface area contributed by atoms with E-state index in [1.54, 1.807) is 0 Å². The second kappa shape index (κ2) is 9.67. The Bertz CT molecular complexity index is 929. The third kappa shape index (κ3) is 5.17. The summed E-state index contributed by atoms with van der Waals surface area (Å²) in [6.45, 7) is 5.97. The average Bonchev–Trinajstić information content (AvgIpc) is 3.39. The highest BCUT2D eigenvalue weighted by Crippen LogP contribution is 2.28. The first-order valence-corrected chi connectivity index (χ1v) is 11.7. The lowest BCUT2D eigenvalue weighted by Gasteiger charge is -2.30. The molecule has 2 aliphatic rings. The van der Waals surface area contributed by atoms with Crippen LogP contribution in [0.3, 0.4) is 0 Å². The maximum Gasteiger partial charge on any atom is 0.243 e. The quantitative estimate of drug-likeness (QED) is 0.771. The van der Waals surface area contributed by atoms with Gasteiger partial charge in [0.25, 0.3) is 0 Å². The summed E-state index contributed by atoms with van der Waals surface area (Å²) in [5.74, 6) is 0.295. The van der Waals surface area contributed by atoms with Crippen molar-refractivity contribution in [1.29, 1.82) is 0 Å². The second-order valence-corrected chi connectivity index (χ2v) is 9.15. The van der Waals surface area contributed by atoms with Crippen LogP contribution < -0.4 is 5.32 Å². The third-order valence-corrected chi connectivity index (χ3v) is 6.69. The van der Waals surface area contributed by atoms with E-state index in [0.717, 1.165) is 61.0 Å². The molecule has 1 aliphatic heterocycles. The van der Waals surface area contributed by atoms with Crippen molar-refractivity contribution in [3.8, 4) is 0 Å². The van der Waals surface area contributed by atoms with Crippen LogP contribution in [0.4, 0.5) is 0 Å². The number of rotatable bonds is 6. The molecule has 0 spiro atoms. The zero-order valence-corrected chi connectivity index (χ0v) is 18.8. The molecule has 2 aromatic rings. The van der Waals surface area contributed by atoms with Crippen molar-refractivity contribution in [1.82, 2.24) is 20.0 Å². The molecule has 31 heavy (non-hydrogen) atoms. The SMILES string of the molecule is Cc1cc(C)n(Cc2cccc(CNC(=O)C3CCCN3C(=O)C3CCCCC3)c2)n1. The summed E-state index contributed by atoms with van der Waals surface area (Å²) in [6.07, 6.45) is 7.13. The van der Waals surface area contributed by atoms with Gasteiger partial charge in [-0.1, -0.05) is 43.5 Å². The minimum atomic E-state index is -0.313. The smallest absolute Gasteiger partial charge is 0.243 e. The Hall–Kier alpha value is -2.63. The molecule has 1 unspecified atom stereocenters. The maximum absolute atomic E-state index is 13.0. The van der Waals surface area contributed by atoms with Gasteiger partial charge >= 0.3 is 0 Å². The predicted octanol–water partition coefficient (Wildman–Crippen LogP) is 3.74. The Kier molecular flexibility index (Phi) is 6.73. The van der Waals surface area contributed by atoms with Crippen molar-refractivity contribution in [2.24, 2.45) is 5.92 Å². The van der Waals surface area contributed by atoms with E-state index in [0.29, 0.717) is 19.6 Å². The molecule has 4 rings (SSSR count). The number of nitrogens with zero attached hydrogens (tertiary/aromatic N) is 3. The van der Waals surface area contributed by atoms with E-state index in [1.807, 2.05) is 28.6 Å². The summed E-state index contributed by atoms with van der Waals surface area (Å²) in [4.78, 5) is 27.7. The zero-order valence-electron chi connectivity index (χ0n) is 18.8. The molecule has 1 saturated heterocycles. The summed E-state index contributed by atoms with van der Waals surface area (Å²) < 4.78 is 2.00. The molecule has 6 nitrogen and oxygen atoms in total. The molecule has 1 aromatic heterocycles. The number of carbonyl (C=O) groups excluding carboxylic acids is 2. The molecule has 1 aliphatic carbocycles. The van der Waals surface area contributed by atoms with Gasteiger partial charge in [0.05, 0.1) is 12.2 Å². The number of aryl methyl sites for hydroxylation is 2. The first kappa shape index (κ1) is 21.6. The Morgan fingerprint density at radius 2 is 1.81 bits per heavy atom. The lowest BCUT2D eigenvalue weighted by atomic mass is 9.88. The fourth-order valence-electron chi connectivity index (χ4n) is 5.04. The van der Waals surface area contributed by atoms with Gasteiger partial charge in [-0.05, 0) is 56.7 Å². The number of amides is 2. The van der Waals surface area contributed by atoms with Gasteiger partial charge in [0, 0.05) is 24.7 Å². The zero-order chi connectivity index (χ0) is 21.8. The van der Waals surface area contributed by atoms with E-state index in [1.165, 1.54) is 6.42 Å². The molecule has 166 valence electrons. The number of aromatic nitrogens is 2. The molecule has 2 amide bonds. The van der Waals surface area contributed by atoms with Crippen LogP contribution in [0.5, 0.6) is 0 Å². The molecule has 0 radical (unpaired) electrons. The fraction of sp³-hybridized carbons (Fsp3) is 0.560. The minimum absolute atomic E-state index is 0.0226. The third-order valence-electron chi connectivity index (χ3n) is 6.69. The van der Waals surface area contributed by atoms with Crippen molar-refractivity contribution in [2.45, 2.75) is 77.9 Å². The Morgan fingerprint density at radius 1 is 1.03 bits per heavy atom. The van der Waals surface area contributed by atoms with Crippen molar-refractivity contribution in [3.63, 3.8) is 0 Å². The Balaban J connectivity index is 1.34. The predicted molar refractivity (Wildman–Crippen MR) is 120 cm³/mol. The van der Waals surface area contributed by atoms with Gasteiger partial charge in [-0.15, -0.1) is 0 Å². The van der Waals surface area contributed by atoms with Gasteiger partial charge in [0.15, 0.2) is 0 Å². The van der Waals surface area contributed by atoms with Gasteiger partial charge in [-0.25, -0.2) is 0 Å². The van der Waals surface area contributed by atoms with Crippen molar-refractivity contribution in [2.75, 3.05) is 6.54 Å². The molecule has 2 fully saturated rings. The van der Waals surface area contributed by atoms with Gasteiger partial charge in [0.2, 0.25) is 11.8 Å². The molecule has 1 atom stereocenters. The number of likely N-dealkylation sites (tertiary alicyclic amines) is 1. The molecule has 0 bridgehead atoms. The summed E-state index contributed by atoms with van der Waals surface area (Å²) in [6, 6.07) is 10.0. The summed E-state index contributed by atoms with van der Waals surface area (Å²) in [5.41, 5.74) is 4.38. The van der Waals surface area contributed by atoms with Crippen LogP contribution in [0, 0.1) is 19.8 Å². The first-order chi connectivity index (χ1) is 15.0. The van der Waals surface area contributed by atoms with E-state index in [4.69, 9.17) is 0 Å². The number of hydrogen-bond acceptors (Lipinski definition) is 3. The molecule has 2 heterocycles. The van der Waals surface area contributed by atoms with E-state index in [2.05, 4.69) is 35.5 Å². The maximum atomic E-state index is 13.0. The molecule has 1 saturated carbocycles. The molecule has 1 aromatic carbocycles. The summed E-state index contributed by atoms with van der Waals surface area (Å²) in [5, 5.41) is 7.61. The lowest BCUT2D eigenvalue weighted by Crippen LogP contribution is -2.47. The second-order valence-electron chi connectivity index (χ2n) is 9.15. The number of carbonyl (C=O) groups is 2. The van der Waals surface area contributed by atoms with Crippen LogP contribution in [-0.4, -0.2) is 39.1 Å². The van der Waals surface area contributed by atoms with Crippen molar-refractivity contribution in [3.05, 3.63) is 52.8 Å². The van der Waals surface area contributed by atoms with Crippen molar-refractivity contribution >= 4 is 11.8 Å². The topological polar surface area (TPSA) is 67.2 Å². The van der Waals surface area contributed by atoms with Gasteiger partial charge < -0.3 is 10.2 Å². The molecular weight excluding hydrogens is 388 g/mol. The van der Waals surface area contributed by atoms with Crippen LogP contribution in [-0.2, 0) is 22.7 Å². The van der Waals surface area contributed by atoms with Crippen LogP contribution in [0.2, 0.25) is 0 Å². The van der Waals surface area contributed by atoms with E-state index in [-0.39, 0.29) is 23.8 Å². The number of hydrogen-bond donors (Lipinski definition) is 1. The molecule has 1 N–H and O–H groups in total. The molecular formula is C25H34N4O2. The number of benzene rings is 1. The fourth-order valence-corrected chi connectivity index (χ4v) is 5.04. The monoisotopic (exact) mass is 422 g/mol. The van der Waals surface area contributed by atoms with Crippen molar-refractivity contribution < 1.29 is 9.59 Å². The Labute approximate surface area is 185 Å².